The van der Waals surface area contributed by atoms with E-state index in [1.165, 1.54) is 0 Å². The number of hydrogen-bond acceptors (Lipinski definition) is 3. The van der Waals surface area contributed by atoms with Crippen molar-refractivity contribution in [3.05, 3.63) is 63.2 Å². The molecule has 0 spiro atoms. The van der Waals surface area contributed by atoms with Crippen LogP contribution >= 0.6 is 22.6 Å². The summed E-state index contributed by atoms with van der Waals surface area (Å²) in [5.41, 5.74) is 5.06. The molecular weight excluding hydrogens is 403 g/mol. The van der Waals surface area contributed by atoms with E-state index in [1.807, 2.05) is 44.2 Å². The highest BCUT2D eigenvalue weighted by Crippen LogP contribution is 2.21. The molecule has 0 fully saturated rings. The molecule has 2 aromatic carbocycles. The number of benzene rings is 2. The van der Waals surface area contributed by atoms with Crippen LogP contribution in [-0.4, -0.2) is 18.7 Å². The van der Waals surface area contributed by atoms with E-state index in [0.717, 1.165) is 20.6 Å². The number of hydrogen-bond donors (Lipinski definition) is 1. The van der Waals surface area contributed by atoms with E-state index >= 15 is 0 Å². The summed E-state index contributed by atoms with van der Waals surface area (Å²) in [6, 6.07) is 15.1. The van der Waals surface area contributed by atoms with Crippen LogP contribution in [0.15, 0.2) is 53.6 Å². The average Bonchev–Trinajstić information content (AvgIpc) is 2.55. The SMILES string of the molecule is COc1ccc(C(=O)N/N=C(\c2ccccc2)C(C)C)cc1I. The van der Waals surface area contributed by atoms with Crippen molar-refractivity contribution in [2.75, 3.05) is 7.11 Å². The van der Waals surface area contributed by atoms with Crippen LogP contribution in [0.3, 0.4) is 0 Å². The first kappa shape index (κ1) is 17.5. The van der Waals surface area contributed by atoms with Gasteiger partial charge in [0.15, 0.2) is 0 Å². The molecule has 2 rings (SSSR count). The molecule has 23 heavy (non-hydrogen) atoms. The number of ether oxygens (including phenoxy) is 1. The molecular formula is C18H19IN2O2. The predicted octanol–water partition coefficient (Wildman–Crippen LogP) is 4.09. The Morgan fingerprint density at radius 2 is 1.83 bits per heavy atom. The van der Waals surface area contributed by atoms with E-state index in [2.05, 4.69) is 33.1 Å². The van der Waals surface area contributed by atoms with Gasteiger partial charge in [-0.15, -0.1) is 0 Å². The Bertz CT molecular complexity index is 712. The minimum atomic E-state index is -0.236. The van der Waals surface area contributed by atoms with Gasteiger partial charge in [-0.3, -0.25) is 4.79 Å². The van der Waals surface area contributed by atoms with Crippen LogP contribution in [-0.2, 0) is 0 Å². The topological polar surface area (TPSA) is 50.7 Å². The van der Waals surface area contributed by atoms with Crippen LogP contribution in [0, 0.1) is 9.49 Å². The van der Waals surface area contributed by atoms with Gasteiger partial charge in [-0.2, -0.15) is 5.10 Å². The maximum atomic E-state index is 12.3. The third-order valence-corrected chi connectivity index (χ3v) is 4.15. The molecule has 2 aromatic rings. The Hall–Kier alpha value is -1.89. The van der Waals surface area contributed by atoms with Gasteiger partial charge in [0.05, 0.1) is 16.4 Å². The smallest absolute Gasteiger partial charge is 0.271 e. The molecule has 5 heteroatoms. The summed E-state index contributed by atoms with van der Waals surface area (Å²) in [7, 11) is 1.61. The van der Waals surface area contributed by atoms with Crippen molar-refractivity contribution >= 4 is 34.2 Å². The van der Waals surface area contributed by atoms with Gasteiger partial charge in [-0.1, -0.05) is 44.2 Å². The molecule has 1 N–H and O–H groups in total. The number of rotatable bonds is 5. The second-order valence-electron chi connectivity index (χ2n) is 5.31. The van der Waals surface area contributed by atoms with Gasteiger partial charge in [0.1, 0.15) is 5.75 Å². The highest BCUT2D eigenvalue weighted by molar-refractivity contribution is 14.1. The number of amides is 1. The Morgan fingerprint density at radius 1 is 1.13 bits per heavy atom. The summed E-state index contributed by atoms with van der Waals surface area (Å²) in [6.45, 7) is 4.10. The molecule has 4 nitrogen and oxygen atoms in total. The molecule has 0 aromatic heterocycles. The Morgan fingerprint density at radius 3 is 2.39 bits per heavy atom. The minimum absolute atomic E-state index is 0.203. The van der Waals surface area contributed by atoms with Crippen molar-refractivity contribution in [1.82, 2.24) is 5.43 Å². The number of halogens is 1. The second-order valence-corrected chi connectivity index (χ2v) is 6.47. The van der Waals surface area contributed by atoms with Crippen LogP contribution < -0.4 is 10.2 Å². The standard InChI is InChI=1S/C18H19IN2O2/c1-12(2)17(13-7-5-4-6-8-13)20-21-18(22)14-9-10-16(23-3)15(19)11-14/h4-12H,1-3H3,(H,21,22)/b20-17-. The zero-order chi connectivity index (χ0) is 16.8. The Balaban J connectivity index is 2.19. The summed E-state index contributed by atoms with van der Waals surface area (Å²) < 4.78 is 6.08. The van der Waals surface area contributed by atoms with Gasteiger partial charge in [-0.05, 0) is 52.3 Å². The van der Waals surface area contributed by atoms with Crippen molar-refractivity contribution in [3.63, 3.8) is 0 Å². The molecule has 0 saturated carbocycles. The van der Waals surface area contributed by atoms with E-state index in [0.29, 0.717) is 5.56 Å². The number of methoxy groups -OCH3 is 1. The highest BCUT2D eigenvalue weighted by atomic mass is 127. The summed E-state index contributed by atoms with van der Waals surface area (Å²) in [6.07, 6.45) is 0. The highest BCUT2D eigenvalue weighted by Gasteiger charge is 2.11. The molecule has 0 unspecified atom stereocenters. The summed E-state index contributed by atoms with van der Waals surface area (Å²) in [5, 5.41) is 4.33. The summed E-state index contributed by atoms with van der Waals surface area (Å²) in [4.78, 5) is 12.3. The second kappa shape index (κ2) is 8.10. The number of carbonyl (C=O) groups excluding carboxylic acids is 1. The zero-order valence-electron chi connectivity index (χ0n) is 13.3. The van der Waals surface area contributed by atoms with Crippen molar-refractivity contribution in [3.8, 4) is 5.75 Å². The van der Waals surface area contributed by atoms with Crippen LogP contribution in [0.2, 0.25) is 0 Å². The first-order valence-electron chi connectivity index (χ1n) is 7.29. The predicted molar refractivity (Wildman–Crippen MR) is 101 cm³/mol. The lowest BCUT2D eigenvalue weighted by molar-refractivity contribution is 0.0954. The van der Waals surface area contributed by atoms with Crippen molar-refractivity contribution in [2.45, 2.75) is 13.8 Å². The van der Waals surface area contributed by atoms with Crippen molar-refractivity contribution in [2.24, 2.45) is 11.0 Å². The quantitative estimate of drug-likeness (QED) is 0.449. The largest absolute Gasteiger partial charge is 0.496 e. The number of carbonyl (C=O) groups is 1. The van der Waals surface area contributed by atoms with E-state index in [-0.39, 0.29) is 11.8 Å². The number of nitrogens with one attached hydrogen (secondary N) is 1. The third-order valence-electron chi connectivity index (χ3n) is 3.31. The number of hydrazone groups is 1. The van der Waals surface area contributed by atoms with Crippen LogP contribution in [0.25, 0.3) is 0 Å². The normalized spacial score (nSPS) is 11.4. The minimum Gasteiger partial charge on any atom is -0.496 e. The molecule has 0 aliphatic heterocycles. The van der Waals surface area contributed by atoms with E-state index in [1.54, 1.807) is 25.3 Å². The Labute approximate surface area is 150 Å². The van der Waals surface area contributed by atoms with Crippen LogP contribution in [0.4, 0.5) is 0 Å². The lowest BCUT2D eigenvalue weighted by Crippen LogP contribution is -2.22. The molecule has 120 valence electrons. The van der Waals surface area contributed by atoms with Crippen molar-refractivity contribution in [1.29, 1.82) is 0 Å². The van der Waals surface area contributed by atoms with Crippen molar-refractivity contribution < 1.29 is 9.53 Å². The van der Waals surface area contributed by atoms with E-state index in [4.69, 9.17) is 4.74 Å². The first-order valence-corrected chi connectivity index (χ1v) is 8.37. The molecule has 0 radical (unpaired) electrons. The first-order chi connectivity index (χ1) is 11.0. The lowest BCUT2D eigenvalue weighted by atomic mass is 10.0. The van der Waals surface area contributed by atoms with Gasteiger partial charge < -0.3 is 4.74 Å². The molecule has 0 atom stereocenters. The van der Waals surface area contributed by atoms with Gasteiger partial charge in [0.25, 0.3) is 5.91 Å². The van der Waals surface area contributed by atoms with Gasteiger partial charge >= 0.3 is 0 Å². The fraction of sp³-hybridized carbons (Fsp3) is 0.222. The fourth-order valence-electron chi connectivity index (χ4n) is 2.12. The Kier molecular flexibility index (Phi) is 6.15. The van der Waals surface area contributed by atoms with Gasteiger partial charge in [0.2, 0.25) is 0 Å². The monoisotopic (exact) mass is 422 g/mol. The maximum Gasteiger partial charge on any atom is 0.271 e. The lowest BCUT2D eigenvalue weighted by Gasteiger charge is -2.11. The number of nitrogens with zero attached hydrogens (tertiary/aromatic N) is 1. The average molecular weight is 422 g/mol. The zero-order valence-corrected chi connectivity index (χ0v) is 15.5. The third kappa shape index (κ3) is 4.54. The van der Waals surface area contributed by atoms with E-state index in [9.17, 15) is 4.79 Å². The molecule has 0 aliphatic rings. The van der Waals surface area contributed by atoms with Crippen LogP contribution in [0.1, 0.15) is 29.8 Å². The summed E-state index contributed by atoms with van der Waals surface area (Å²) >= 11 is 2.14. The molecule has 0 bridgehead atoms. The van der Waals surface area contributed by atoms with Crippen LogP contribution in [0.5, 0.6) is 5.75 Å². The van der Waals surface area contributed by atoms with Gasteiger partial charge in [0, 0.05) is 5.56 Å². The molecule has 0 heterocycles. The molecule has 0 saturated heterocycles. The van der Waals surface area contributed by atoms with Gasteiger partial charge in [-0.25, -0.2) is 5.43 Å². The molecule has 1 amide bonds. The maximum absolute atomic E-state index is 12.3. The van der Waals surface area contributed by atoms with E-state index < -0.39 is 0 Å². The summed E-state index contributed by atoms with van der Waals surface area (Å²) in [5.74, 6) is 0.714. The molecule has 0 aliphatic carbocycles. The fourth-order valence-corrected chi connectivity index (χ4v) is 2.85.